The Hall–Kier alpha value is -0.800. The highest BCUT2D eigenvalue weighted by Gasteiger charge is 2.02. The first-order valence-corrected chi connectivity index (χ1v) is 5.41. The van der Waals surface area contributed by atoms with Gasteiger partial charge in [-0.2, -0.15) is 0 Å². The summed E-state index contributed by atoms with van der Waals surface area (Å²) < 4.78 is 4.75. The van der Waals surface area contributed by atoms with Gasteiger partial charge in [0, 0.05) is 12.0 Å². The van der Waals surface area contributed by atoms with E-state index in [-0.39, 0.29) is 12.4 Å². The van der Waals surface area contributed by atoms with Crippen LogP contribution < -0.4 is 0 Å². The quantitative estimate of drug-likeness (QED) is 0.698. The van der Waals surface area contributed by atoms with Gasteiger partial charge in [-0.25, -0.2) is 0 Å². The number of ether oxygens (including phenoxy) is 1. The third-order valence-corrected chi connectivity index (χ3v) is 2.75. The number of ketones is 1. The van der Waals surface area contributed by atoms with E-state index in [2.05, 4.69) is 6.07 Å². The van der Waals surface area contributed by atoms with Gasteiger partial charge in [0.05, 0.1) is 5.75 Å². The van der Waals surface area contributed by atoms with Crippen molar-refractivity contribution in [1.29, 1.82) is 0 Å². The summed E-state index contributed by atoms with van der Waals surface area (Å²) in [6.07, 6.45) is 0. The number of aryl methyl sites for hydroxylation is 1. The van der Waals surface area contributed by atoms with Gasteiger partial charge >= 0.3 is 0 Å². The highest BCUT2D eigenvalue weighted by molar-refractivity contribution is 8.00. The fourth-order valence-electron chi connectivity index (χ4n) is 1.07. The van der Waals surface area contributed by atoms with E-state index in [9.17, 15) is 4.79 Å². The third kappa shape index (κ3) is 3.94. The summed E-state index contributed by atoms with van der Waals surface area (Å²) >= 11 is 1.55. The Labute approximate surface area is 88.7 Å². The molecule has 0 aliphatic rings. The van der Waals surface area contributed by atoms with Crippen molar-refractivity contribution in [2.45, 2.75) is 11.8 Å². The zero-order valence-electron chi connectivity index (χ0n) is 8.45. The lowest BCUT2D eigenvalue weighted by Crippen LogP contribution is -2.08. The van der Waals surface area contributed by atoms with Crippen molar-refractivity contribution in [1.82, 2.24) is 0 Å². The fourth-order valence-corrected chi connectivity index (χ4v) is 1.93. The molecule has 0 N–H and O–H groups in total. The molecule has 3 heteroatoms. The van der Waals surface area contributed by atoms with Crippen LogP contribution in [0.4, 0.5) is 0 Å². The molecule has 0 bridgehead atoms. The Bertz CT molecular complexity index is 310. The van der Waals surface area contributed by atoms with Crippen molar-refractivity contribution in [3.05, 3.63) is 29.8 Å². The highest BCUT2D eigenvalue weighted by Crippen LogP contribution is 2.18. The van der Waals surface area contributed by atoms with Gasteiger partial charge in [-0.15, -0.1) is 11.8 Å². The Morgan fingerprint density at radius 2 is 2.29 bits per heavy atom. The minimum atomic E-state index is 0.124. The van der Waals surface area contributed by atoms with Gasteiger partial charge < -0.3 is 4.74 Å². The Morgan fingerprint density at radius 3 is 2.93 bits per heavy atom. The molecule has 0 atom stereocenters. The maximum atomic E-state index is 11.2. The fraction of sp³-hybridized carbons (Fsp3) is 0.364. The monoisotopic (exact) mass is 210 g/mol. The van der Waals surface area contributed by atoms with Gasteiger partial charge in [-0.05, 0) is 19.1 Å². The molecular weight excluding hydrogens is 196 g/mol. The van der Waals surface area contributed by atoms with Crippen molar-refractivity contribution >= 4 is 17.5 Å². The van der Waals surface area contributed by atoms with Crippen molar-refractivity contribution < 1.29 is 9.53 Å². The van der Waals surface area contributed by atoms with Gasteiger partial charge in [0.2, 0.25) is 0 Å². The van der Waals surface area contributed by atoms with Crippen LogP contribution in [0.1, 0.15) is 5.56 Å². The van der Waals surface area contributed by atoms with Crippen molar-refractivity contribution in [2.75, 3.05) is 19.5 Å². The van der Waals surface area contributed by atoms with Gasteiger partial charge in [0.25, 0.3) is 0 Å². The molecule has 2 nitrogen and oxygen atoms in total. The first kappa shape index (κ1) is 11.3. The van der Waals surface area contributed by atoms with Crippen LogP contribution in [0, 0.1) is 6.92 Å². The first-order chi connectivity index (χ1) is 6.72. The van der Waals surface area contributed by atoms with E-state index in [1.54, 1.807) is 11.8 Å². The lowest BCUT2D eigenvalue weighted by molar-refractivity contribution is -0.120. The van der Waals surface area contributed by atoms with E-state index in [1.807, 2.05) is 25.1 Å². The molecule has 0 radical (unpaired) electrons. The molecule has 0 saturated heterocycles. The molecule has 0 aromatic heterocycles. The van der Waals surface area contributed by atoms with E-state index in [0.29, 0.717) is 5.75 Å². The number of hydrogen-bond acceptors (Lipinski definition) is 3. The molecule has 1 rings (SSSR count). The van der Waals surface area contributed by atoms with Gasteiger partial charge in [-0.3, -0.25) is 4.79 Å². The summed E-state index contributed by atoms with van der Waals surface area (Å²) in [5, 5.41) is 0. The Morgan fingerprint density at radius 1 is 1.50 bits per heavy atom. The molecule has 0 aliphatic heterocycles. The summed E-state index contributed by atoms with van der Waals surface area (Å²) in [7, 11) is 1.54. The maximum Gasteiger partial charge on any atom is 0.168 e. The summed E-state index contributed by atoms with van der Waals surface area (Å²) in [4.78, 5) is 12.3. The molecule has 0 heterocycles. The number of Topliss-reactive ketones (excluding diaryl/α,β-unsaturated/α-hetero) is 1. The number of methoxy groups -OCH3 is 1. The zero-order chi connectivity index (χ0) is 10.4. The number of thioether (sulfide) groups is 1. The molecule has 0 unspecified atom stereocenters. The summed E-state index contributed by atoms with van der Waals surface area (Å²) in [5.41, 5.74) is 1.22. The average molecular weight is 210 g/mol. The SMILES string of the molecule is COCC(=O)CSc1cccc(C)c1. The molecule has 0 saturated carbocycles. The Balaban J connectivity index is 2.41. The van der Waals surface area contributed by atoms with Crippen LogP contribution in [0.25, 0.3) is 0 Å². The lowest BCUT2D eigenvalue weighted by Gasteiger charge is -2.01. The van der Waals surface area contributed by atoms with Gasteiger partial charge in [0.1, 0.15) is 6.61 Å². The van der Waals surface area contributed by atoms with Crippen LogP contribution in [0.2, 0.25) is 0 Å². The zero-order valence-corrected chi connectivity index (χ0v) is 9.26. The molecule has 0 fully saturated rings. The van der Waals surface area contributed by atoms with E-state index in [0.717, 1.165) is 4.90 Å². The van der Waals surface area contributed by atoms with Crippen LogP contribution in [-0.2, 0) is 9.53 Å². The third-order valence-electron chi connectivity index (χ3n) is 1.69. The smallest absolute Gasteiger partial charge is 0.168 e. The second kappa shape index (κ2) is 5.83. The molecule has 1 aromatic rings. The second-order valence-electron chi connectivity index (χ2n) is 3.08. The van der Waals surface area contributed by atoms with Crippen LogP contribution >= 0.6 is 11.8 Å². The van der Waals surface area contributed by atoms with E-state index in [1.165, 1.54) is 12.7 Å². The van der Waals surface area contributed by atoms with Crippen LogP contribution in [-0.4, -0.2) is 25.3 Å². The summed E-state index contributed by atoms with van der Waals surface area (Å²) in [5.74, 6) is 0.608. The van der Waals surface area contributed by atoms with Crippen LogP contribution in [0.3, 0.4) is 0 Å². The normalized spacial score (nSPS) is 10.1. The van der Waals surface area contributed by atoms with Crippen molar-refractivity contribution in [2.24, 2.45) is 0 Å². The lowest BCUT2D eigenvalue weighted by atomic mass is 10.2. The molecule has 0 spiro atoms. The number of carbonyl (C=O) groups is 1. The van der Waals surface area contributed by atoms with Gasteiger partial charge in [0.15, 0.2) is 5.78 Å². The molecule has 0 aliphatic carbocycles. The second-order valence-corrected chi connectivity index (χ2v) is 4.13. The first-order valence-electron chi connectivity index (χ1n) is 4.42. The molecular formula is C11H14O2S. The molecule has 14 heavy (non-hydrogen) atoms. The minimum absolute atomic E-state index is 0.124. The summed E-state index contributed by atoms with van der Waals surface area (Å²) in [6.45, 7) is 2.25. The van der Waals surface area contributed by atoms with E-state index >= 15 is 0 Å². The number of benzene rings is 1. The topological polar surface area (TPSA) is 26.3 Å². The number of carbonyl (C=O) groups excluding carboxylic acids is 1. The molecule has 1 aromatic carbocycles. The molecule has 0 amide bonds. The van der Waals surface area contributed by atoms with Crippen LogP contribution in [0.5, 0.6) is 0 Å². The predicted octanol–water partition coefficient (Wildman–Crippen LogP) is 2.30. The highest BCUT2D eigenvalue weighted by atomic mass is 32.2. The van der Waals surface area contributed by atoms with Gasteiger partial charge in [-0.1, -0.05) is 17.7 Å². The molecule has 76 valence electrons. The largest absolute Gasteiger partial charge is 0.377 e. The minimum Gasteiger partial charge on any atom is -0.377 e. The van der Waals surface area contributed by atoms with Crippen molar-refractivity contribution in [3.8, 4) is 0 Å². The average Bonchev–Trinajstić information content (AvgIpc) is 2.15. The maximum absolute atomic E-state index is 11.2. The predicted molar refractivity (Wildman–Crippen MR) is 58.8 cm³/mol. The standard InChI is InChI=1S/C11H14O2S/c1-9-4-3-5-11(6-9)14-8-10(12)7-13-2/h3-6H,7-8H2,1-2H3. The van der Waals surface area contributed by atoms with E-state index in [4.69, 9.17) is 4.74 Å². The Kier molecular flexibility index (Phi) is 4.70. The number of hydrogen-bond donors (Lipinski definition) is 0. The van der Waals surface area contributed by atoms with E-state index < -0.39 is 0 Å². The number of rotatable bonds is 5. The van der Waals surface area contributed by atoms with Crippen molar-refractivity contribution in [3.63, 3.8) is 0 Å². The summed E-state index contributed by atoms with van der Waals surface area (Å²) in [6, 6.07) is 8.13. The van der Waals surface area contributed by atoms with Crippen LogP contribution in [0.15, 0.2) is 29.2 Å².